The number of aromatic nitrogens is 2. The van der Waals surface area contributed by atoms with Crippen molar-refractivity contribution in [2.24, 2.45) is 0 Å². The molecule has 1 fully saturated rings. The molecule has 5 heteroatoms. The van der Waals surface area contributed by atoms with Gasteiger partial charge in [-0.1, -0.05) is 0 Å². The number of likely N-dealkylation sites (tertiary alicyclic amines) is 1. The minimum Gasteiger partial charge on any atom is -0.481 e. The Morgan fingerprint density at radius 2 is 2.47 bits per heavy atom. The van der Waals surface area contributed by atoms with E-state index in [1.807, 2.05) is 16.9 Å². The van der Waals surface area contributed by atoms with E-state index in [9.17, 15) is 4.79 Å². The number of carboxylic acid groups (broad SMARTS) is 1. The van der Waals surface area contributed by atoms with Gasteiger partial charge in [-0.25, -0.2) is 0 Å². The summed E-state index contributed by atoms with van der Waals surface area (Å²) in [6.07, 6.45) is 6.25. The third-order valence-electron chi connectivity index (χ3n) is 3.53. The molecule has 0 radical (unpaired) electrons. The number of hydrogen-bond donors (Lipinski definition) is 1. The molecule has 0 aliphatic carbocycles. The summed E-state index contributed by atoms with van der Waals surface area (Å²) in [6.45, 7) is 3.80. The van der Waals surface area contributed by atoms with Crippen LogP contribution in [0.2, 0.25) is 0 Å². The Morgan fingerprint density at radius 3 is 3.12 bits per heavy atom. The molecule has 1 aromatic heterocycles. The number of carboxylic acids is 1. The molecule has 2 unspecified atom stereocenters. The Morgan fingerprint density at radius 1 is 1.65 bits per heavy atom. The third-order valence-corrected chi connectivity index (χ3v) is 3.53. The highest BCUT2D eigenvalue weighted by Crippen LogP contribution is 2.26. The molecule has 17 heavy (non-hydrogen) atoms. The molecule has 0 bridgehead atoms. The number of carbonyl (C=O) groups is 1. The number of nitrogens with zero attached hydrogens (tertiary/aromatic N) is 3. The van der Waals surface area contributed by atoms with E-state index < -0.39 is 5.97 Å². The lowest BCUT2D eigenvalue weighted by molar-refractivity contribution is -0.137. The van der Waals surface area contributed by atoms with Crippen LogP contribution >= 0.6 is 0 Å². The van der Waals surface area contributed by atoms with Crippen LogP contribution in [-0.4, -0.2) is 44.9 Å². The summed E-state index contributed by atoms with van der Waals surface area (Å²) in [4.78, 5) is 12.9. The van der Waals surface area contributed by atoms with Crippen molar-refractivity contribution < 1.29 is 9.90 Å². The van der Waals surface area contributed by atoms with Crippen molar-refractivity contribution in [3.05, 3.63) is 18.5 Å². The fourth-order valence-corrected chi connectivity index (χ4v) is 2.61. The highest BCUT2D eigenvalue weighted by Gasteiger charge is 2.30. The SMILES string of the molecule is CC(C1CCCN1CCC(=O)O)n1cccn1. The fraction of sp³-hybridized carbons (Fsp3) is 0.667. The van der Waals surface area contributed by atoms with Crippen LogP contribution in [0.4, 0.5) is 0 Å². The largest absolute Gasteiger partial charge is 0.481 e. The van der Waals surface area contributed by atoms with Crippen LogP contribution in [0.5, 0.6) is 0 Å². The molecule has 1 saturated heterocycles. The van der Waals surface area contributed by atoms with Gasteiger partial charge in [-0.15, -0.1) is 0 Å². The van der Waals surface area contributed by atoms with E-state index in [1.54, 1.807) is 6.20 Å². The first kappa shape index (κ1) is 12.1. The summed E-state index contributed by atoms with van der Waals surface area (Å²) in [7, 11) is 0. The maximum atomic E-state index is 10.6. The van der Waals surface area contributed by atoms with Gasteiger partial charge in [0.05, 0.1) is 12.5 Å². The lowest BCUT2D eigenvalue weighted by Gasteiger charge is -2.29. The predicted molar refractivity (Wildman–Crippen MR) is 63.8 cm³/mol. The van der Waals surface area contributed by atoms with E-state index in [-0.39, 0.29) is 6.42 Å². The van der Waals surface area contributed by atoms with Crippen LogP contribution in [0.25, 0.3) is 0 Å². The number of hydrogen-bond acceptors (Lipinski definition) is 3. The summed E-state index contributed by atoms with van der Waals surface area (Å²) >= 11 is 0. The summed E-state index contributed by atoms with van der Waals surface area (Å²) in [5.74, 6) is -0.720. The molecule has 0 spiro atoms. The smallest absolute Gasteiger partial charge is 0.304 e. The average molecular weight is 237 g/mol. The minimum absolute atomic E-state index is 0.225. The molecule has 1 aromatic rings. The molecule has 2 rings (SSSR count). The maximum absolute atomic E-state index is 10.6. The molecule has 0 saturated carbocycles. The second kappa shape index (κ2) is 5.31. The molecule has 1 aliphatic heterocycles. The van der Waals surface area contributed by atoms with Crippen molar-refractivity contribution in [1.29, 1.82) is 0 Å². The average Bonchev–Trinajstić information content (AvgIpc) is 2.96. The fourth-order valence-electron chi connectivity index (χ4n) is 2.61. The van der Waals surface area contributed by atoms with Crippen molar-refractivity contribution in [2.75, 3.05) is 13.1 Å². The Hall–Kier alpha value is -1.36. The molecule has 2 heterocycles. The monoisotopic (exact) mass is 237 g/mol. The van der Waals surface area contributed by atoms with E-state index in [2.05, 4.69) is 16.9 Å². The van der Waals surface area contributed by atoms with Gasteiger partial charge >= 0.3 is 5.97 Å². The van der Waals surface area contributed by atoms with Crippen molar-refractivity contribution in [3.8, 4) is 0 Å². The molecule has 5 nitrogen and oxygen atoms in total. The van der Waals surface area contributed by atoms with Gasteiger partial charge in [-0.05, 0) is 32.4 Å². The Labute approximate surface area is 101 Å². The normalized spacial score (nSPS) is 22.8. The number of rotatable bonds is 5. The zero-order valence-electron chi connectivity index (χ0n) is 10.1. The van der Waals surface area contributed by atoms with Gasteiger partial charge in [-0.2, -0.15) is 5.10 Å². The van der Waals surface area contributed by atoms with Crippen molar-refractivity contribution in [2.45, 2.75) is 38.3 Å². The van der Waals surface area contributed by atoms with Crippen LogP contribution in [0.15, 0.2) is 18.5 Å². The van der Waals surface area contributed by atoms with E-state index in [4.69, 9.17) is 5.11 Å². The van der Waals surface area contributed by atoms with Crippen molar-refractivity contribution in [1.82, 2.24) is 14.7 Å². The Bertz CT molecular complexity index is 364. The van der Waals surface area contributed by atoms with Crippen LogP contribution in [0, 0.1) is 0 Å². The standard InChI is InChI=1S/C12H19N3O2/c1-10(15-8-3-6-13-15)11-4-2-7-14(11)9-5-12(16)17/h3,6,8,10-11H,2,4-5,7,9H2,1H3,(H,16,17). The maximum Gasteiger partial charge on any atom is 0.304 e. The molecule has 1 N–H and O–H groups in total. The lowest BCUT2D eigenvalue weighted by Crippen LogP contribution is -2.37. The van der Waals surface area contributed by atoms with Gasteiger partial charge in [0.1, 0.15) is 0 Å². The Balaban J connectivity index is 1.96. The first-order chi connectivity index (χ1) is 8.18. The molecule has 0 amide bonds. The number of aliphatic carboxylic acids is 1. The summed E-state index contributed by atoms with van der Waals surface area (Å²) in [5, 5.41) is 13.0. The highest BCUT2D eigenvalue weighted by molar-refractivity contribution is 5.66. The van der Waals surface area contributed by atoms with Crippen molar-refractivity contribution >= 4 is 5.97 Å². The lowest BCUT2D eigenvalue weighted by atomic mass is 10.1. The molecule has 1 aliphatic rings. The predicted octanol–water partition coefficient (Wildman–Crippen LogP) is 1.38. The quantitative estimate of drug-likeness (QED) is 0.840. The minimum atomic E-state index is -0.720. The van der Waals surface area contributed by atoms with Crippen LogP contribution in [0.1, 0.15) is 32.2 Å². The zero-order valence-corrected chi connectivity index (χ0v) is 10.1. The van der Waals surface area contributed by atoms with Gasteiger partial charge < -0.3 is 5.11 Å². The molecular formula is C12H19N3O2. The topological polar surface area (TPSA) is 58.4 Å². The van der Waals surface area contributed by atoms with Gasteiger partial charge in [0.15, 0.2) is 0 Å². The Kier molecular flexibility index (Phi) is 3.78. The van der Waals surface area contributed by atoms with Gasteiger partial charge in [0, 0.05) is 25.0 Å². The van der Waals surface area contributed by atoms with Crippen LogP contribution < -0.4 is 0 Å². The second-order valence-electron chi connectivity index (χ2n) is 4.62. The van der Waals surface area contributed by atoms with Crippen molar-refractivity contribution in [3.63, 3.8) is 0 Å². The van der Waals surface area contributed by atoms with Gasteiger partial charge in [-0.3, -0.25) is 14.4 Å². The summed E-state index contributed by atoms with van der Waals surface area (Å²) in [6, 6.07) is 2.64. The second-order valence-corrected chi connectivity index (χ2v) is 4.62. The van der Waals surface area contributed by atoms with Crippen LogP contribution in [-0.2, 0) is 4.79 Å². The molecule has 0 aromatic carbocycles. The highest BCUT2D eigenvalue weighted by atomic mass is 16.4. The first-order valence-electron chi connectivity index (χ1n) is 6.13. The summed E-state index contributed by atoms with van der Waals surface area (Å²) < 4.78 is 1.96. The van der Waals surface area contributed by atoms with E-state index in [1.165, 1.54) is 0 Å². The molecular weight excluding hydrogens is 218 g/mol. The first-order valence-corrected chi connectivity index (χ1v) is 6.13. The van der Waals surface area contributed by atoms with Gasteiger partial charge in [0.2, 0.25) is 0 Å². The third kappa shape index (κ3) is 2.85. The summed E-state index contributed by atoms with van der Waals surface area (Å²) in [5.41, 5.74) is 0. The van der Waals surface area contributed by atoms with E-state index in [0.29, 0.717) is 18.6 Å². The van der Waals surface area contributed by atoms with Gasteiger partial charge in [0.25, 0.3) is 0 Å². The molecule has 2 atom stereocenters. The molecule has 94 valence electrons. The van der Waals surface area contributed by atoms with Crippen LogP contribution in [0.3, 0.4) is 0 Å². The zero-order chi connectivity index (χ0) is 12.3. The van der Waals surface area contributed by atoms with E-state index >= 15 is 0 Å². The van der Waals surface area contributed by atoms with E-state index in [0.717, 1.165) is 19.4 Å².